The fourth-order valence-electron chi connectivity index (χ4n) is 3.65. The number of carbonyl (C=O) groups excluding carboxylic acids is 2. The Balaban J connectivity index is 1.68. The summed E-state index contributed by atoms with van der Waals surface area (Å²) >= 11 is 0. The topological polar surface area (TPSA) is 51.1 Å². The number of anilines is 1. The van der Waals surface area contributed by atoms with E-state index < -0.39 is 0 Å². The summed E-state index contributed by atoms with van der Waals surface area (Å²) in [5.74, 6) is -0.231. The summed E-state index contributed by atoms with van der Waals surface area (Å²) in [5.41, 5.74) is 4.55. The third-order valence-corrected chi connectivity index (χ3v) is 4.99. The van der Waals surface area contributed by atoms with Crippen LogP contribution in [0.3, 0.4) is 0 Å². The Morgan fingerprint density at radius 1 is 0.857 bits per heavy atom. The first-order valence-electron chi connectivity index (χ1n) is 9.05. The third-order valence-electron chi connectivity index (χ3n) is 4.99. The monoisotopic (exact) mass is 364 g/mol. The van der Waals surface area contributed by atoms with Gasteiger partial charge in [-0.15, -0.1) is 0 Å². The molecule has 0 saturated heterocycles. The standard InChI is InChI=1S/C24H16N2O2/c27-23-20(19-11-4-6-12-21(19)25-23)14-17-15-26(22-13-7-5-10-18(17)22)24(28)16-8-2-1-3-9-16/h1-15H,(H,25,27)/b20-14-. The maximum atomic E-state index is 13.0. The molecule has 0 fully saturated rings. The second-order valence-corrected chi connectivity index (χ2v) is 6.70. The lowest BCUT2D eigenvalue weighted by Crippen LogP contribution is -2.10. The summed E-state index contributed by atoms with van der Waals surface area (Å²) in [7, 11) is 0. The maximum absolute atomic E-state index is 13.0. The summed E-state index contributed by atoms with van der Waals surface area (Å²) in [5, 5.41) is 3.82. The lowest BCUT2D eigenvalue weighted by molar-refractivity contribution is -0.110. The van der Waals surface area contributed by atoms with E-state index in [9.17, 15) is 9.59 Å². The van der Waals surface area contributed by atoms with Crippen molar-refractivity contribution in [1.82, 2.24) is 4.57 Å². The first kappa shape index (κ1) is 16.3. The van der Waals surface area contributed by atoms with Crippen molar-refractivity contribution in [2.45, 2.75) is 0 Å². The van der Waals surface area contributed by atoms with Crippen LogP contribution in [0, 0.1) is 0 Å². The molecule has 0 radical (unpaired) electrons. The van der Waals surface area contributed by atoms with Crippen LogP contribution < -0.4 is 5.32 Å². The Hall–Kier alpha value is -3.92. The fourth-order valence-corrected chi connectivity index (χ4v) is 3.65. The van der Waals surface area contributed by atoms with Crippen molar-refractivity contribution in [1.29, 1.82) is 0 Å². The van der Waals surface area contributed by atoms with Crippen molar-refractivity contribution >= 4 is 40.1 Å². The highest BCUT2D eigenvalue weighted by atomic mass is 16.2. The second kappa shape index (κ2) is 6.35. The molecule has 4 heteroatoms. The molecule has 0 unspecified atom stereocenters. The summed E-state index contributed by atoms with van der Waals surface area (Å²) < 4.78 is 1.65. The van der Waals surface area contributed by atoms with Gasteiger partial charge in [0.15, 0.2) is 0 Å². The van der Waals surface area contributed by atoms with Crippen LogP contribution in [-0.4, -0.2) is 16.4 Å². The van der Waals surface area contributed by atoms with Gasteiger partial charge in [-0.3, -0.25) is 14.2 Å². The molecule has 1 aromatic heterocycles. The van der Waals surface area contributed by atoms with E-state index in [4.69, 9.17) is 0 Å². The average Bonchev–Trinajstić information content (AvgIpc) is 3.26. The number of para-hydroxylation sites is 2. The summed E-state index contributed by atoms with van der Waals surface area (Å²) in [6.07, 6.45) is 3.67. The van der Waals surface area contributed by atoms with Gasteiger partial charge in [-0.25, -0.2) is 0 Å². The zero-order valence-corrected chi connectivity index (χ0v) is 14.9. The van der Waals surface area contributed by atoms with Gasteiger partial charge in [-0.1, -0.05) is 54.6 Å². The normalized spacial score (nSPS) is 14.3. The van der Waals surface area contributed by atoms with Crippen LogP contribution in [0.5, 0.6) is 0 Å². The number of carbonyl (C=O) groups is 2. The lowest BCUT2D eigenvalue weighted by Gasteiger charge is -2.03. The molecular formula is C24H16N2O2. The number of rotatable bonds is 2. The third kappa shape index (κ3) is 2.55. The average molecular weight is 364 g/mol. The Bertz CT molecular complexity index is 1270. The summed E-state index contributed by atoms with van der Waals surface area (Å²) in [6.45, 7) is 0. The number of aromatic nitrogens is 1. The fraction of sp³-hybridized carbons (Fsp3) is 0. The molecule has 4 nitrogen and oxygen atoms in total. The van der Waals surface area contributed by atoms with Crippen LogP contribution in [0.1, 0.15) is 21.5 Å². The van der Waals surface area contributed by atoms with Crippen LogP contribution in [0.15, 0.2) is 85.1 Å². The number of hydrogen-bond acceptors (Lipinski definition) is 2. The Morgan fingerprint density at radius 3 is 2.43 bits per heavy atom. The van der Waals surface area contributed by atoms with Gasteiger partial charge in [-0.2, -0.15) is 0 Å². The van der Waals surface area contributed by atoms with Crippen molar-refractivity contribution in [3.63, 3.8) is 0 Å². The van der Waals surface area contributed by atoms with E-state index in [0.717, 1.165) is 27.7 Å². The van der Waals surface area contributed by atoms with Crippen LogP contribution in [-0.2, 0) is 4.79 Å². The van der Waals surface area contributed by atoms with E-state index in [1.807, 2.05) is 72.8 Å². The number of amides is 1. The molecule has 1 N–H and O–H groups in total. The minimum absolute atomic E-state index is 0.0993. The van der Waals surface area contributed by atoms with Crippen LogP contribution in [0.25, 0.3) is 22.6 Å². The smallest absolute Gasteiger partial charge is 0.262 e. The van der Waals surface area contributed by atoms with Gasteiger partial charge in [-0.05, 0) is 30.3 Å². The van der Waals surface area contributed by atoms with Gasteiger partial charge in [0.2, 0.25) is 0 Å². The highest BCUT2D eigenvalue weighted by Crippen LogP contribution is 2.34. The number of benzene rings is 3. The molecule has 3 aromatic carbocycles. The van der Waals surface area contributed by atoms with E-state index in [2.05, 4.69) is 5.32 Å². The molecule has 0 aliphatic carbocycles. The molecule has 1 aliphatic heterocycles. The predicted molar refractivity (Wildman–Crippen MR) is 111 cm³/mol. The molecule has 0 spiro atoms. The Labute approximate surface area is 161 Å². The van der Waals surface area contributed by atoms with Gasteiger partial charge in [0, 0.05) is 39.5 Å². The molecule has 4 aromatic rings. The van der Waals surface area contributed by atoms with Crippen LogP contribution >= 0.6 is 0 Å². The molecule has 2 heterocycles. The minimum atomic E-state index is -0.132. The molecule has 134 valence electrons. The van der Waals surface area contributed by atoms with E-state index in [1.165, 1.54) is 0 Å². The molecule has 0 saturated carbocycles. The predicted octanol–water partition coefficient (Wildman–Crippen LogP) is 4.82. The summed E-state index contributed by atoms with van der Waals surface area (Å²) in [6, 6.07) is 24.5. The van der Waals surface area contributed by atoms with E-state index in [0.29, 0.717) is 11.1 Å². The van der Waals surface area contributed by atoms with Gasteiger partial charge in [0.1, 0.15) is 0 Å². The lowest BCUT2D eigenvalue weighted by atomic mass is 10.0. The quantitative estimate of drug-likeness (QED) is 0.518. The van der Waals surface area contributed by atoms with Gasteiger partial charge < -0.3 is 5.32 Å². The molecule has 1 aliphatic rings. The minimum Gasteiger partial charge on any atom is -0.321 e. The van der Waals surface area contributed by atoms with Crippen molar-refractivity contribution in [2.24, 2.45) is 0 Å². The first-order valence-corrected chi connectivity index (χ1v) is 9.05. The maximum Gasteiger partial charge on any atom is 0.262 e. The molecule has 0 atom stereocenters. The number of nitrogens with zero attached hydrogens (tertiary/aromatic N) is 1. The van der Waals surface area contributed by atoms with E-state index >= 15 is 0 Å². The molecular weight excluding hydrogens is 348 g/mol. The van der Waals surface area contributed by atoms with Gasteiger partial charge in [0.25, 0.3) is 11.8 Å². The molecule has 5 rings (SSSR count). The van der Waals surface area contributed by atoms with Crippen LogP contribution in [0.4, 0.5) is 5.69 Å². The van der Waals surface area contributed by atoms with Gasteiger partial charge in [0.05, 0.1) is 5.52 Å². The second-order valence-electron chi connectivity index (χ2n) is 6.70. The van der Waals surface area contributed by atoms with Crippen molar-refractivity contribution < 1.29 is 9.59 Å². The first-order chi connectivity index (χ1) is 13.7. The van der Waals surface area contributed by atoms with Gasteiger partial charge >= 0.3 is 0 Å². The number of hydrogen-bond donors (Lipinski definition) is 1. The van der Waals surface area contributed by atoms with Crippen molar-refractivity contribution in [2.75, 3.05) is 5.32 Å². The van der Waals surface area contributed by atoms with Crippen LogP contribution in [0.2, 0.25) is 0 Å². The molecule has 28 heavy (non-hydrogen) atoms. The SMILES string of the molecule is O=C1Nc2ccccc2/C1=C/c1cn(C(=O)c2ccccc2)c2ccccc12. The van der Waals surface area contributed by atoms with E-state index in [-0.39, 0.29) is 11.8 Å². The van der Waals surface area contributed by atoms with Crippen molar-refractivity contribution in [3.8, 4) is 0 Å². The zero-order chi connectivity index (χ0) is 19.1. The Kier molecular flexibility index (Phi) is 3.69. The molecule has 0 bridgehead atoms. The largest absolute Gasteiger partial charge is 0.321 e. The Morgan fingerprint density at radius 2 is 1.57 bits per heavy atom. The van der Waals surface area contributed by atoms with E-state index in [1.54, 1.807) is 22.9 Å². The highest BCUT2D eigenvalue weighted by Gasteiger charge is 2.24. The highest BCUT2D eigenvalue weighted by molar-refractivity contribution is 6.35. The summed E-state index contributed by atoms with van der Waals surface area (Å²) in [4.78, 5) is 25.5. The molecule has 1 amide bonds. The zero-order valence-electron chi connectivity index (χ0n) is 14.9. The number of nitrogens with one attached hydrogen (secondary N) is 1. The number of fused-ring (bicyclic) bond motifs is 2. The van der Waals surface area contributed by atoms with Crippen molar-refractivity contribution in [3.05, 3.63) is 102 Å².